The van der Waals surface area contributed by atoms with Crippen LogP contribution in [0.2, 0.25) is 0 Å². The Balaban J connectivity index is 0. The zero-order valence-corrected chi connectivity index (χ0v) is 9.07. The van der Waals surface area contributed by atoms with Crippen molar-refractivity contribution in [2.75, 3.05) is 0 Å². The number of rotatable bonds is 0. The molecule has 4 heavy (non-hydrogen) atoms. The van der Waals surface area contributed by atoms with Crippen LogP contribution in [0.25, 0.3) is 0 Å². The molecule has 0 aliphatic rings. The van der Waals surface area contributed by atoms with Gasteiger partial charge in [0.1, 0.15) is 0 Å². The molecular formula is H2AgCuNiSn. The van der Waals surface area contributed by atoms with Crippen LogP contribution in [-0.2, 0) is 55.9 Å². The molecule has 0 aliphatic heterocycles. The Bertz CT molecular complexity index is 8.00. The molecule has 0 aromatic rings. The topological polar surface area (TPSA) is 0 Å². The van der Waals surface area contributed by atoms with Gasteiger partial charge in [0.05, 0.1) is 0 Å². The van der Waals surface area contributed by atoms with Gasteiger partial charge in [-0.3, -0.25) is 0 Å². The van der Waals surface area contributed by atoms with Crippen molar-refractivity contribution in [1.82, 2.24) is 0 Å². The van der Waals surface area contributed by atoms with Crippen LogP contribution in [0.1, 0.15) is 0 Å². The molecule has 0 nitrogen and oxygen atoms in total. The Morgan fingerprint density at radius 1 is 1.00 bits per heavy atom. The molecule has 4 heteroatoms. The van der Waals surface area contributed by atoms with Crippen LogP contribution in [-0.4, -0.2) is 23.9 Å². The van der Waals surface area contributed by atoms with E-state index < -0.39 is 0 Å². The molecule has 0 heterocycles. The minimum atomic E-state index is 0. The van der Waals surface area contributed by atoms with Gasteiger partial charge in [-0.05, 0) is 0 Å². The molecule has 0 saturated heterocycles. The average Bonchev–Trinajstić information content (AvgIpc) is 0. The summed E-state index contributed by atoms with van der Waals surface area (Å²) in [5.41, 5.74) is 0. The molecule has 0 spiro atoms. The predicted molar refractivity (Wildman–Crippen MR) is 8.54 cm³/mol. The predicted octanol–water partition coefficient (Wildman–Crippen LogP) is -0.924. The monoisotopic (exact) mass is 350 g/mol. The van der Waals surface area contributed by atoms with Gasteiger partial charge in [-0.2, -0.15) is 0 Å². The standard InChI is InChI=1S/Ag.Cu.Ni.Sn.2H. The van der Waals surface area contributed by atoms with Crippen molar-refractivity contribution in [2.45, 2.75) is 0 Å². The molecule has 0 saturated carbocycles. The molecule has 0 rings (SSSR count). The van der Waals surface area contributed by atoms with Gasteiger partial charge in [-0.15, -0.1) is 0 Å². The Morgan fingerprint density at radius 3 is 1.00 bits per heavy atom. The van der Waals surface area contributed by atoms with E-state index >= 15 is 0 Å². The van der Waals surface area contributed by atoms with Crippen LogP contribution in [0.3, 0.4) is 0 Å². The fraction of sp³-hybridized carbons (Fsp3) is 0. The van der Waals surface area contributed by atoms with E-state index in [-0.39, 0.29) is 79.8 Å². The van der Waals surface area contributed by atoms with Crippen LogP contribution < -0.4 is 0 Å². The Kier molecular flexibility index (Phi) is 137. The summed E-state index contributed by atoms with van der Waals surface area (Å²) in [6.45, 7) is 0. The van der Waals surface area contributed by atoms with E-state index in [1.165, 1.54) is 0 Å². The summed E-state index contributed by atoms with van der Waals surface area (Å²) in [5, 5.41) is 0. The average molecular weight is 351 g/mol. The van der Waals surface area contributed by atoms with Crippen molar-refractivity contribution < 1.29 is 55.9 Å². The Hall–Kier alpha value is 2.55. The maximum absolute atomic E-state index is 0. The van der Waals surface area contributed by atoms with Crippen LogP contribution in [0.15, 0.2) is 0 Å². The molecule has 0 bridgehead atoms. The van der Waals surface area contributed by atoms with Gasteiger partial charge < -0.3 is 0 Å². The first-order valence-corrected chi connectivity index (χ1v) is 0. The first kappa shape index (κ1) is 31.0. The van der Waals surface area contributed by atoms with Gasteiger partial charge in [-0.1, -0.05) is 0 Å². The number of hydrogen-bond donors (Lipinski definition) is 0. The Morgan fingerprint density at radius 2 is 1.00 bits per heavy atom. The van der Waals surface area contributed by atoms with Gasteiger partial charge in [-0.25, -0.2) is 0 Å². The van der Waals surface area contributed by atoms with Crippen LogP contribution in [0.5, 0.6) is 0 Å². The van der Waals surface area contributed by atoms with E-state index in [0.29, 0.717) is 0 Å². The quantitative estimate of drug-likeness (QED) is 0.496. The third-order valence-corrected chi connectivity index (χ3v) is 0. The van der Waals surface area contributed by atoms with Gasteiger partial charge in [0.2, 0.25) is 0 Å². The van der Waals surface area contributed by atoms with Crippen LogP contribution in [0, 0.1) is 0 Å². The summed E-state index contributed by atoms with van der Waals surface area (Å²) >= 11 is 0. The van der Waals surface area contributed by atoms with E-state index in [0.717, 1.165) is 0 Å². The second-order valence-electron chi connectivity index (χ2n) is 0. The van der Waals surface area contributed by atoms with Gasteiger partial charge in [0.25, 0.3) is 0 Å². The van der Waals surface area contributed by atoms with E-state index in [1.54, 1.807) is 0 Å². The third-order valence-electron chi connectivity index (χ3n) is 0. The minimum absolute atomic E-state index is 0. The van der Waals surface area contributed by atoms with Crippen molar-refractivity contribution in [3.8, 4) is 0 Å². The van der Waals surface area contributed by atoms with E-state index in [4.69, 9.17) is 0 Å². The van der Waals surface area contributed by atoms with Gasteiger partial charge in [0, 0.05) is 55.9 Å². The molecule has 38 valence electrons. The van der Waals surface area contributed by atoms with Gasteiger partial charge >= 0.3 is 23.9 Å². The zero-order chi connectivity index (χ0) is 0. The fourth-order valence-corrected chi connectivity index (χ4v) is 0. The number of hydrogen-bond acceptors (Lipinski definition) is 0. The first-order chi connectivity index (χ1) is 0. The van der Waals surface area contributed by atoms with Crippen molar-refractivity contribution >= 4 is 23.9 Å². The molecule has 0 unspecified atom stereocenters. The van der Waals surface area contributed by atoms with Crippen LogP contribution in [0.4, 0.5) is 0 Å². The molecule has 4 radical (unpaired) electrons. The molecular weight excluding hydrogens is 349 g/mol. The Labute approximate surface area is 78.7 Å². The second-order valence-corrected chi connectivity index (χ2v) is 0. The summed E-state index contributed by atoms with van der Waals surface area (Å²) < 4.78 is 0. The van der Waals surface area contributed by atoms with E-state index in [1.807, 2.05) is 0 Å². The molecule has 0 fully saturated rings. The molecule has 0 aliphatic carbocycles. The third kappa shape index (κ3) is 8.82. The molecule has 0 amide bonds. The summed E-state index contributed by atoms with van der Waals surface area (Å²) in [4.78, 5) is 0. The molecule has 0 N–H and O–H groups in total. The fourth-order valence-electron chi connectivity index (χ4n) is 0. The molecule has 0 aromatic heterocycles. The maximum atomic E-state index is 0. The van der Waals surface area contributed by atoms with Crippen molar-refractivity contribution in [3.05, 3.63) is 0 Å². The summed E-state index contributed by atoms with van der Waals surface area (Å²) in [5.74, 6) is 0. The van der Waals surface area contributed by atoms with Crippen molar-refractivity contribution in [1.29, 1.82) is 0 Å². The molecule has 0 aromatic carbocycles. The summed E-state index contributed by atoms with van der Waals surface area (Å²) in [7, 11) is 0. The van der Waals surface area contributed by atoms with E-state index in [9.17, 15) is 0 Å². The van der Waals surface area contributed by atoms with Crippen molar-refractivity contribution in [3.63, 3.8) is 0 Å². The summed E-state index contributed by atoms with van der Waals surface area (Å²) in [6.07, 6.45) is 0. The van der Waals surface area contributed by atoms with Gasteiger partial charge in [0.15, 0.2) is 0 Å². The van der Waals surface area contributed by atoms with E-state index in [2.05, 4.69) is 0 Å². The molecule has 0 atom stereocenters. The first-order valence-electron chi connectivity index (χ1n) is 0. The normalized spacial score (nSPS) is 0. The summed E-state index contributed by atoms with van der Waals surface area (Å²) in [6, 6.07) is 0. The zero-order valence-electron chi connectivity index (χ0n) is 1.63. The SMILES string of the molecule is [Ag].[Cu].[Ni].[SnH2]. The van der Waals surface area contributed by atoms with Crippen LogP contribution >= 0.6 is 0 Å². The van der Waals surface area contributed by atoms with Crippen molar-refractivity contribution in [2.24, 2.45) is 0 Å². The second kappa shape index (κ2) is 17.7.